The van der Waals surface area contributed by atoms with E-state index in [1.807, 2.05) is 13.8 Å². The van der Waals surface area contributed by atoms with Crippen molar-refractivity contribution in [2.75, 3.05) is 13.2 Å². The van der Waals surface area contributed by atoms with Gasteiger partial charge in [-0.05, 0) is 25.7 Å². The smallest absolute Gasteiger partial charge is 0.274 e. The summed E-state index contributed by atoms with van der Waals surface area (Å²) in [5.41, 5.74) is 0.176. The van der Waals surface area contributed by atoms with Crippen molar-refractivity contribution in [3.8, 4) is 0 Å². The Kier molecular flexibility index (Phi) is 5.54. The molecule has 1 saturated heterocycles. The highest BCUT2D eigenvalue weighted by molar-refractivity contribution is 5.96. The van der Waals surface area contributed by atoms with Gasteiger partial charge in [-0.2, -0.15) is 0 Å². The molecule has 1 aromatic rings. The van der Waals surface area contributed by atoms with E-state index in [-0.39, 0.29) is 23.6 Å². The van der Waals surface area contributed by atoms with Gasteiger partial charge in [0.2, 0.25) is 5.91 Å². The molecule has 2 unspecified atom stereocenters. The number of hydrogen-bond acceptors (Lipinski definition) is 5. The summed E-state index contributed by atoms with van der Waals surface area (Å²) in [5.74, 6) is -0.114. The normalized spacial score (nSPS) is 19.2. The average Bonchev–Trinajstić information content (AvgIpc) is 3.12. The van der Waals surface area contributed by atoms with Gasteiger partial charge in [0.05, 0.1) is 6.10 Å². The van der Waals surface area contributed by atoms with E-state index in [2.05, 4.69) is 15.8 Å². The summed E-state index contributed by atoms with van der Waals surface area (Å²) in [7, 11) is 0. The van der Waals surface area contributed by atoms with Crippen LogP contribution in [0.4, 0.5) is 0 Å². The molecule has 122 valence electrons. The molecule has 1 aliphatic rings. The molecule has 0 aliphatic carbocycles. The van der Waals surface area contributed by atoms with Gasteiger partial charge in [-0.1, -0.05) is 19.0 Å². The average molecular weight is 309 g/mol. The summed E-state index contributed by atoms with van der Waals surface area (Å²) >= 11 is 0. The Balaban J connectivity index is 1.90. The van der Waals surface area contributed by atoms with Crippen molar-refractivity contribution in [2.24, 2.45) is 5.92 Å². The van der Waals surface area contributed by atoms with Crippen LogP contribution < -0.4 is 10.6 Å². The van der Waals surface area contributed by atoms with E-state index >= 15 is 0 Å². The second-order valence-electron chi connectivity index (χ2n) is 5.90. The first-order valence-corrected chi connectivity index (χ1v) is 7.61. The Morgan fingerprint density at radius 2 is 2.23 bits per heavy atom. The Labute approximate surface area is 129 Å². The number of carbonyl (C=O) groups is 2. The van der Waals surface area contributed by atoms with Crippen LogP contribution in [0.2, 0.25) is 0 Å². The van der Waals surface area contributed by atoms with Gasteiger partial charge in [0.1, 0.15) is 11.8 Å². The molecule has 0 spiro atoms. The molecule has 0 bridgehead atoms. The number of nitrogens with zero attached hydrogens (tertiary/aromatic N) is 1. The predicted molar refractivity (Wildman–Crippen MR) is 79.3 cm³/mol. The topological polar surface area (TPSA) is 93.5 Å². The summed E-state index contributed by atoms with van der Waals surface area (Å²) in [5, 5.41) is 9.21. The number of carbonyl (C=O) groups excluding carboxylic acids is 2. The number of aryl methyl sites for hydroxylation is 1. The minimum atomic E-state index is -0.620. The van der Waals surface area contributed by atoms with E-state index in [0.717, 1.165) is 19.4 Å². The molecule has 22 heavy (non-hydrogen) atoms. The summed E-state index contributed by atoms with van der Waals surface area (Å²) in [6.45, 7) is 6.69. The van der Waals surface area contributed by atoms with Crippen LogP contribution in [0.5, 0.6) is 0 Å². The van der Waals surface area contributed by atoms with E-state index in [9.17, 15) is 9.59 Å². The molecule has 7 heteroatoms. The lowest BCUT2D eigenvalue weighted by atomic mass is 10.0. The zero-order valence-corrected chi connectivity index (χ0v) is 13.2. The number of ether oxygens (including phenoxy) is 1. The molecule has 7 nitrogen and oxygen atoms in total. The van der Waals surface area contributed by atoms with Crippen LogP contribution >= 0.6 is 0 Å². The van der Waals surface area contributed by atoms with E-state index in [0.29, 0.717) is 12.3 Å². The Morgan fingerprint density at radius 3 is 2.77 bits per heavy atom. The van der Waals surface area contributed by atoms with Crippen LogP contribution in [0.25, 0.3) is 0 Å². The number of nitrogens with one attached hydrogen (secondary N) is 2. The highest BCUT2D eigenvalue weighted by atomic mass is 16.5. The lowest BCUT2D eigenvalue weighted by molar-refractivity contribution is -0.124. The molecule has 2 N–H and O–H groups in total. The van der Waals surface area contributed by atoms with E-state index < -0.39 is 11.9 Å². The summed E-state index contributed by atoms with van der Waals surface area (Å²) in [6, 6.07) is 0.919. The van der Waals surface area contributed by atoms with Gasteiger partial charge >= 0.3 is 0 Å². The summed E-state index contributed by atoms with van der Waals surface area (Å²) in [4.78, 5) is 24.4. The number of rotatable bonds is 6. The summed E-state index contributed by atoms with van der Waals surface area (Å²) in [6.07, 6.45) is 2.05. The quantitative estimate of drug-likeness (QED) is 0.818. The zero-order valence-electron chi connectivity index (χ0n) is 13.2. The number of amides is 2. The molecular formula is C15H23N3O4. The molecule has 1 fully saturated rings. The maximum atomic E-state index is 12.3. The minimum absolute atomic E-state index is 0.0403. The van der Waals surface area contributed by atoms with Crippen LogP contribution in [0.3, 0.4) is 0 Å². The number of hydrogen-bond donors (Lipinski definition) is 2. The SMILES string of the molecule is Cc1cc(C(=O)NC(C(=O)NCC2CCCO2)C(C)C)no1. The van der Waals surface area contributed by atoms with Gasteiger partial charge in [-0.15, -0.1) is 0 Å². The largest absolute Gasteiger partial charge is 0.376 e. The van der Waals surface area contributed by atoms with Crippen molar-refractivity contribution in [2.45, 2.75) is 45.8 Å². The van der Waals surface area contributed by atoms with Gasteiger partial charge in [-0.3, -0.25) is 9.59 Å². The highest BCUT2D eigenvalue weighted by Crippen LogP contribution is 2.11. The third-order valence-electron chi connectivity index (χ3n) is 3.62. The van der Waals surface area contributed by atoms with Gasteiger partial charge in [-0.25, -0.2) is 0 Å². The minimum Gasteiger partial charge on any atom is -0.376 e. The van der Waals surface area contributed by atoms with Crippen LogP contribution in [0.15, 0.2) is 10.6 Å². The third-order valence-corrected chi connectivity index (χ3v) is 3.62. The molecule has 0 saturated carbocycles. The first-order chi connectivity index (χ1) is 10.5. The second kappa shape index (κ2) is 7.40. The van der Waals surface area contributed by atoms with E-state index in [1.165, 1.54) is 6.07 Å². The Hall–Kier alpha value is -1.89. The van der Waals surface area contributed by atoms with Gasteiger partial charge in [0.15, 0.2) is 5.69 Å². The first kappa shape index (κ1) is 16.5. The third kappa shape index (κ3) is 4.30. The fraction of sp³-hybridized carbons (Fsp3) is 0.667. The number of aromatic nitrogens is 1. The monoisotopic (exact) mass is 309 g/mol. The zero-order chi connectivity index (χ0) is 16.1. The molecule has 0 aromatic carbocycles. The Morgan fingerprint density at radius 1 is 1.45 bits per heavy atom. The summed E-state index contributed by atoms with van der Waals surface area (Å²) < 4.78 is 10.3. The predicted octanol–water partition coefficient (Wildman–Crippen LogP) is 1.03. The van der Waals surface area contributed by atoms with Crippen molar-refractivity contribution in [1.82, 2.24) is 15.8 Å². The van der Waals surface area contributed by atoms with E-state index in [1.54, 1.807) is 6.92 Å². The molecule has 2 atom stereocenters. The lowest BCUT2D eigenvalue weighted by Crippen LogP contribution is -2.51. The molecule has 0 radical (unpaired) electrons. The van der Waals surface area contributed by atoms with Crippen molar-refractivity contribution in [1.29, 1.82) is 0 Å². The standard InChI is InChI=1S/C15H23N3O4/c1-9(2)13(15(20)16-8-11-5-4-6-21-11)17-14(19)12-7-10(3)22-18-12/h7,9,11,13H,4-6,8H2,1-3H3,(H,16,20)(H,17,19). The van der Waals surface area contributed by atoms with E-state index in [4.69, 9.17) is 9.26 Å². The van der Waals surface area contributed by atoms with Crippen LogP contribution in [0, 0.1) is 12.8 Å². The molecule has 2 rings (SSSR count). The van der Waals surface area contributed by atoms with Crippen molar-refractivity contribution in [3.05, 3.63) is 17.5 Å². The van der Waals surface area contributed by atoms with Crippen molar-refractivity contribution in [3.63, 3.8) is 0 Å². The molecule has 2 amide bonds. The van der Waals surface area contributed by atoms with Crippen LogP contribution in [0.1, 0.15) is 42.9 Å². The fourth-order valence-electron chi connectivity index (χ4n) is 2.35. The van der Waals surface area contributed by atoms with Crippen LogP contribution in [-0.4, -0.2) is 42.3 Å². The van der Waals surface area contributed by atoms with Gasteiger partial charge in [0.25, 0.3) is 5.91 Å². The molecule has 2 heterocycles. The maximum Gasteiger partial charge on any atom is 0.274 e. The first-order valence-electron chi connectivity index (χ1n) is 7.61. The van der Waals surface area contributed by atoms with Gasteiger partial charge < -0.3 is 19.9 Å². The van der Waals surface area contributed by atoms with Crippen molar-refractivity contribution < 1.29 is 18.8 Å². The van der Waals surface area contributed by atoms with Crippen molar-refractivity contribution >= 4 is 11.8 Å². The fourth-order valence-corrected chi connectivity index (χ4v) is 2.35. The second-order valence-corrected chi connectivity index (χ2v) is 5.90. The molecule has 1 aromatic heterocycles. The van der Waals surface area contributed by atoms with Crippen LogP contribution in [-0.2, 0) is 9.53 Å². The maximum absolute atomic E-state index is 12.3. The molecular weight excluding hydrogens is 286 g/mol. The van der Waals surface area contributed by atoms with Gasteiger partial charge in [0, 0.05) is 19.2 Å². The Bertz CT molecular complexity index is 521. The molecule has 1 aliphatic heterocycles. The highest BCUT2D eigenvalue weighted by Gasteiger charge is 2.26. The lowest BCUT2D eigenvalue weighted by Gasteiger charge is -2.22.